The van der Waals surface area contributed by atoms with Crippen LogP contribution in [-0.2, 0) is 5.60 Å². The summed E-state index contributed by atoms with van der Waals surface area (Å²) in [7, 11) is 0. The third kappa shape index (κ3) is 1.95. The van der Waals surface area contributed by atoms with Gasteiger partial charge in [-0.05, 0) is 36.1 Å². The zero-order valence-corrected chi connectivity index (χ0v) is 9.83. The first kappa shape index (κ1) is 10.4. The monoisotopic (exact) mass is 226 g/mol. The van der Waals surface area contributed by atoms with E-state index >= 15 is 0 Å². The van der Waals surface area contributed by atoms with Crippen molar-refractivity contribution in [1.29, 1.82) is 0 Å². The molecule has 1 aromatic rings. The van der Waals surface area contributed by atoms with Crippen LogP contribution < -0.4 is 0 Å². The Morgan fingerprint density at radius 2 is 2.36 bits per heavy atom. The minimum Gasteiger partial charge on any atom is -0.384 e. The molecule has 0 aromatic heterocycles. The molecule has 1 aromatic carbocycles. The second-order valence-corrected chi connectivity index (χ2v) is 5.55. The summed E-state index contributed by atoms with van der Waals surface area (Å²) in [5.74, 6) is 1.91. The highest BCUT2D eigenvalue weighted by molar-refractivity contribution is 7.99. The van der Waals surface area contributed by atoms with E-state index in [0.29, 0.717) is 0 Å². The first-order valence-corrected chi connectivity index (χ1v) is 7.07. The maximum Gasteiger partial charge on any atom is 0.0994 e. The summed E-state index contributed by atoms with van der Waals surface area (Å²) in [6.45, 7) is 0. The van der Waals surface area contributed by atoms with Crippen LogP contribution in [0.15, 0.2) is 29.2 Å². The topological polar surface area (TPSA) is 20.2 Å². The molecule has 0 radical (unpaired) electrons. The Balaban J connectivity index is 2.30. The second-order valence-electron chi connectivity index (χ2n) is 3.57. The predicted molar refractivity (Wildman–Crippen MR) is 64.1 cm³/mol. The van der Waals surface area contributed by atoms with Crippen molar-refractivity contribution in [2.24, 2.45) is 0 Å². The van der Waals surface area contributed by atoms with Gasteiger partial charge in [0, 0.05) is 10.6 Å². The molecular weight excluding hydrogens is 212 g/mol. The maximum atomic E-state index is 10.4. The minimum atomic E-state index is -0.573. The van der Waals surface area contributed by atoms with E-state index in [0.717, 1.165) is 23.5 Å². The number of aliphatic hydroxyl groups is 1. The molecule has 0 saturated carbocycles. The lowest BCUT2D eigenvalue weighted by molar-refractivity contribution is 0.0655. The molecule has 0 aliphatic carbocycles. The molecule has 2 rings (SSSR count). The Morgan fingerprint density at radius 3 is 3.00 bits per heavy atom. The smallest absolute Gasteiger partial charge is 0.0994 e. The summed E-state index contributed by atoms with van der Waals surface area (Å²) >= 11 is 3.56. The van der Waals surface area contributed by atoms with E-state index in [2.05, 4.69) is 18.4 Å². The van der Waals surface area contributed by atoms with E-state index in [1.54, 1.807) is 11.8 Å². The van der Waals surface area contributed by atoms with Gasteiger partial charge in [-0.2, -0.15) is 11.8 Å². The molecule has 0 spiro atoms. The number of rotatable bonds is 2. The quantitative estimate of drug-likeness (QED) is 0.783. The lowest BCUT2D eigenvalue weighted by Crippen LogP contribution is -2.24. The van der Waals surface area contributed by atoms with Gasteiger partial charge in [0.25, 0.3) is 0 Å². The molecule has 1 saturated heterocycles. The molecule has 1 aliphatic heterocycles. The fourth-order valence-electron chi connectivity index (χ4n) is 1.69. The molecule has 1 aliphatic rings. The SMILES string of the molecule is CSc1cccc(C2(O)CCSC2)c1. The Kier molecular flexibility index (Phi) is 3.10. The summed E-state index contributed by atoms with van der Waals surface area (Å²) in [6.07, 6.45) is 2.95. The largest absolute Gasteiger partial charge is 0.384 e. The summed E-state index contributed by atoms with van der Waals surface area (Å²) in [6, 6.07) is 8.25. The predicted octanol–water partition coefficient (Wildman–Crippen LogP) is 2.73. The van der Waals surface area contributed by atoms with Crippen molar-refractivity contribution < 1.29 is 5.11 Å². The van der Waals surface area contributed by atoms with Gasteiger partial charge in [0.05, 0.1) is 5.60 Å². The number of thioether (sulfide) groups is 2. The van der Waals surface area contributed by atoms with Gasteiger partial charge in [0.2, 0.25) is 0 Å². The van der Waals surface area contributed by atoms with E-state index in [-0.39, 0.29) is 0 Å². The fraction of sp³-hybridized carbons (Fsp3) is 0.455. The van der Waals surface area contributed by atoms with Crippen LogP contribution in [0.25, 0.3) is 0 Å². The summed E-state index contributed by atoms with van der Waals surface area (Å²) in [5.41, 5.74) is 0.505. The lowest BCUT2D eigenvalue weighted by atomic mass is 9.94. The number of hydrogen-bond donors (Lipinski definition) is 1. The van der Waals surface area contributed by atoms with Crippen LogP contribution in [0.4, 0.5) is 0 Å². The Hall–Kier alpha value is -0.120. The highest BCUT2D eigenvalue weighted by Crippen LogP contribution is 2.37. The van der Waals surface area contributed by atoms with Gasteiger partial charge >= 0.3 is 0 Å². The Labute approximate surface area is 93.3 Å². The fourth-order valence-corrected chi connectivity index (χ4v) is 3.43. The van der Waals surface area contributed by atoms with Crippen LogP contribution in [0.5, 0.6) is 0 Å². The second kappa shape index (κ2) is 4.17. The van der Waals surface area contributed by atoms with Crippen molar-refractivity contribution in [2.75, 3.05) is 17.8 Å². The van der Waals surface area contributed by atoms with Gasteiger partial charge in [-0.1, -0.05) is 12.1 Å². The van der Waals surface area contributed by atoms with E-state index in [9.17, 15) is 5.11 Å². The standard InChI is InChI=1S/C11H14OS2/c1-13-10-4-2-3-9(7-10)11(12)5-6-14-8-11/h2-4,7,12H,5-6,8H2,1H3. The average Bonchev–Trinajstić information content (AvgIpc) is 2.67. The molecule has 14 heavy (non-hydrogen) atoms. The van der Waals surface area contributed by atoms with Gasteiger partial charge < -0.3 is 5.11 Å². The Bertz CT molecular complexity index is 319. The third-order valence-corrected chi connectivity index (χ3v) is 4.51. The van der Waals surface area contributed by atoms with Crippen molar-refractivity contribution in [2.45, 2.75) is 16.9 Å². The van der Waals surface area contributed by atoms with Crippen LogP contribution in [0.2, 0.25) is 0 Å². The van der Waals surface area contributed by atoms with E-state index in [4.69, 9.17) is 0 Å². The highest BCUT2D eigenvalue weighted by Gasteiger charge is 2.33. The van der Waals surface area contributed by atoms with Crippen LogP contribution >= 0.6 is 23.5 Å². The summed E-state index contributed by atoms with van der Waals surface area (Å²) in [5, 5.41) is 10.4. The molecule has 1 nitrogen and oxygen atoms in total. The van der Waals surface area contributed by atoms with Gasteiger partial charge in [0.1, 0.15) is 0 Å². The van der Waals surface area contributed by atoms with E-state index < -0.39 is 5.60 Å². The molecule has 1 atom stereocenters. The van der Waals surface area contributed by atoms with Crippen LogP contribution in [0.3, 0.4) is 0 Å². The van der Waals surface area contributed by atoms with Gasteiger partial charge in [-0.25, -0.2) is 0 Å². The molecular formula is C11H14OS2. The van der Waals surface area contributed by atoms with Crippen LogP contribution in [-0.4, -0.2) is 22.9 Å². The van der Waals surface area contributed by atoms with Crippen molar-refractivity contribution >= 4 is 23.5 Å². The third-order valence-electron chi connectivity index (χ3n) is 2.61. The maximum absolute atomic E-state index is 10.4. The molecule has 0 bridgehead atoms. The van der Waals surface area contributed by atoms with Crippen LogP contribution in [0.1, 0.15) is 12.0 Å². The van der Waals surface area contributed by atoms with Crippen molar-refractivity contribution in [1.82, 2.24) is 0 Å². The lowest BCUT2D eigenvalue weighted by Gasteiger charge is -2.22. The molecule has 1 fully saturated rings. The normalized spacial score (nSPS) is 26.7. The molecule has 1 unspecified atom stereocenters. The molecule has 1 N–H and O–H groups in total. The average molecular weight is 226 g/mol. The van der Waals surface area contributed by atoms with Gasteiger partial charge in [0.15, 0.2) is 0 Å². The molecule has 0 amide bonds. The first-order chi connectivity index (χ1) is 6.74. The minimum absolute atomic E-state index is 0.573. The molecule has 3 heteroatoms. The highest BCUT2D eigenvalue weighted by atomic mass is 32.2. The summed E-state index contributed by atoms with van der Waals surface area (Å²) < 4.78 is 0. The number of benzene rings is 1. The van der Waals surface area contributed by atoms with E-state index in [1.165, 1.54) is 4.90 Å². The van der Waals surface area contributed by atoms with Crippen molar-refractivity contribution in [3.63, 3.8) is 0 Å². The first-order valence-electron chi connectivity index (χ1n) is 4.69. The molecule has 1 heterocycles. The zero-order valence-electron chi connectivity index (χ0n) is 8.19. The zero-order chi connectivity index (χ0) is 10.0. The van der Waals surface area contributed by atoms with Crippen LogP contribution in [0, 0.1) is 0 Å². The molecule has 76 valence electrons. The number of hydrogen-bond acceptors (Lipinski definition) is 3. The van der Waals surface area contributed by atoms with Gasteiger partial charge in [-0.3, -0.25) is 0 Å². The van der Waals surface area contributed by atoms with E-state index in [1.807, 2.05) is 23.9 Å². The van der Waals surface area contributed by atoms with Gasteiger partial charge in [-0.15, -0.1) is 11.8 Å². The Morgan fingerprint density at radius 1 is 1.50 bits per heavy atom. The van der Waals surface area contributed by atoms with Crippen molar-refractivity contribution in [3.8, 4) is 0 Å². The summed E-state index contributed by atoms with van der Waals surface area (Å²) in [4.78, 5) is 1.23. The van der Waals surface area contributed by atoms with Crippen molar-refractivity contribution in [3.05, 3.63) is 29.8 Å².